The Morgan fingerprint density at radius 1 is 1.07 bits per heavy atom. The topological polar surface area (TPSA) is 118 Å². The predicted octanol–water partition coefficient (Wildman–Crippen LogP) is 3.42. The maximum absolute atomic E-state index is 13.7. The van der Waals surface area contributed by atoms with Gasteiger partial charge >= 0.3 is 0 Å². The lowest BCUT2D eigenvalue weighted by Crippen LogP contribution is -2.41. The summed E-state index contributed by atoms with van der Waals surface area (Å²) in [6.45, 7) is 2.02. The van der Waals surface area contributed by atoms with Crippen molar-refractivity contribution >= 4 is 38.8 Å². The molecule has 216 valence electrons. The number of likely N-dealkylation sites (tertiary alicyclic amines) is 1. The van der Waals surface area contributed by atoms with E-state index in [-0.39, 0.29) is 18.0 Å². The van der Waals surface area contributed by atoms with Crippen LogP contribution in [0.1, 0.15) is 36.0 Å². The number of carbonyl (C=O) groups excluding carboxylic acids is 1. The van der Waals surface area contributed by atoms with Gasteiger partial charge in [0.05, 0.1) is 25.4 Å². The van der Waals surface area contributed by atoms with Crippen molar-refractivity contribution in [3.05, 3.63) is 35.9 Å². The molecule has 1 aromatic carbocycles. The number of methoxy groups -OCH3 is 2. The molecule has 0 unspecified atom stereocenters. The van der Waals surface area contributed by atoms with E-state index in [1.807, 2.05) is 29.2 Å². The minimum atomic E-state index is -1.01. The molecule has 4 aromatic rings. The summed E-state index contributed by atoms with van der Waals surface area (Å²) in [7, 11) is 2.24. The van der Waals surface area contributed by atoms with Crippen LogP contribution >= 0.6 is 0 Å². The molecule has 1 aliphatic heterocycles. The number of ether oxygens (including phenoxy) is 2. The van der Waals surface area contributed by atoms with Gasteiger partial charge in [-0.15, -0.1) is 0 Å². The van der Waals surface area contributed by atoms with Crippen molar-refractivity contribution in [2.24, 2.45) is 17.6 Å². The number of aryl methyl sites for hydroxylation is 1. The van der Waals surface area contributed by atoms with Crippen LogP contribution in [0.3, 0.4) is 0 Å². The van der Waals surface area contributed by atoms with Gasteiger partial charge < -0.3 is 29.2 Å². The van der Waals surface area contributed by atoms with Crippen molar-refractivity contribution in [2.75, 3.05) is 32.8 Å². The number of pyridine rings is 1. The molecule has 4 atom stereocenters. The maximum Gasteiger partial charge on any atom is 0.254 e. The molecule has 4 heterocycles. The number of fused-ring (bicyclic) bond motifs is 4. The van der Waals surface area contributed by atoms with Crippen LogP contribution in [0.15, 0.2) is 30.3 Å². The highest BCUT2D eigenvalue weighted by Gasteiger charge is 2.47. The fourth-order valence-corrected chi connectivity index (χ4v) is 7.18. The Kier molecular flexibility index (Phi) is 6.54. The van der Waals surface area contributed by atoms with Gasteiger partial charge in [-0.05, 0) is 61.8 Å². The summed E-state index contributed by atoms with van der Waals surface area (Å²) in [5, 5.41) is 1.00. The Morgan fingerprint density at radius 3 is 2.56 bits per heavy atom. The van der Waals surface area contributed by atoms with Crippen LogP contribution in [-0.4, -0.2) is 79.0 Å². The van der Waals surface area contributed by atoms with E-state index in [0.29, 0.717) is 53.4 Å². The average Bonchev–Trinajstić information content (AvgIpc) is 3.33. The minimum Gasteiger partial charge on any atom is -0.494 e. The molecular formula is C30H36N6O4S. The van der Waals surface area contributed by atoms with E-state index in [2.05, 4.69) is 15.2 Å². The highest BCUT2D eigenvalue weighted by atomic mass is 32.2. The van der Waals surface area contributed by atoms with Crippen molar-refractivity contribution < 1.29 is 18.5 Å². The summed E-state index contributed by atoms with van der Waals surface area (Å²) in [5.41, 5.74) is 10.2. The van der Waals surface area contributed by atoms with Crippen molar-refractivity contribution in [1.29, 1.82) is 0 Å². The molecule has 0 spiro atoms. The summed E-state index contributed by atoms with van der Waals surface area (Å²) >= 11 is 0. The summed E-state index contributed by atoms with van der Waals surface area (Å²) in [6, 6.07) is 9.83. The fourth-order valence-electron chi connectivity index (χ4n) is 6.74. The Bertz CT molecular complexity index is 1690. The zero-order chi connectivity index (χ0) is 28.4. The van der Waals surface area contributed by atoms with Gasteiger partial charge in [-0.1, -0.05) is 0 Å². The molecule has 41 heavy (non-hydrogen) atoms. The largest absolute Gasteiger partial charge is 0.494 e. The maximum atomic E-state index is 13.7. The Labute approximate surface area is 241 Å². The van der Waals surface area contributed by atoms with Crippen LogP contribution in [0.5, 0.6) is 11.6 Å². The Morgan fingerprint density at radius 2 is 1.90 bits per heavy atom. The van der Waals surface area contributed by atoms with E-state index in [4.69, 9.17) is 25.2 Å². The second-order valence-corrected chi connectivity index (χ2v) is 13.3. The fraction of sp³-hybridized carbons (Fsp3) is 0.500. The summed E-state index contributed by atoms with van der Waals surface area (Å²) in [5.74, 6) is 3.28. The molecule has 2 N–H and O–H groups in total. The van der Waals surface area contributed by atoms with E-state index in [9.17, 15) is 9.00 Å². The second kappa shape index (κ2) is 10.1. The molecule has 10 nitrogen and oxygen atoms in total. The number of piperidine rings is 1. The Balaban J connectivity index is 1.39. The quantitative estimate of drug-likeness (QED) is 0.324. The summed E-state index contributed by atoms with van der Waals surface area (Å²) in [6.07, 6.45) is 6.13. The van der Waals surface area contributed by atoms with E-state index in [1.165, 1.54) is 12.8 Å². The minimum absolute atomic E-state index is 0.0299. The molecule has 11 heteroatoms. The molecule has 2 bridgehead atoms. The lowest BCUT2D eigenvalue weighted by atomic mass is 10.1. The van der Waals surface area contributed by atoms with Gasteiger partial charge in [0.15, 0.2) is 5.82 Å². The highest BCUT2D eigenvalue weighted by Crippen LogP contribution is 2.40. The number of aromatic nitrogens is 4. The third-order valence-electron chi connectivity index (χ3n) is 9.08. The molecule has 1 saturated heterocycles. The number of imidazole rings is 1. The van der Waals surface area contributed by atoms with E-state index >= 15 is 0 Å². The average molecular weight is 577 g/mol. The molecule has 1 amide bonds. The van der Waals surface area contributed by atoms with Gasteiger partial charge in [0.1, 0.15) is 16.9 Å². The molecule has 3 fully saturated rings. The monoisotopic (exact) mass is 576 g/mol. The van der Waals surface area contributed by atoms with Gasteiger partial charge in [-0.25, -0.2) is 4.98 Å². The third kappa shape index (κ3) is 4.50. The molecule has 2 aliphatic carbocycles. The molecule has 3 aliphatic rings. The van der Waals surface area contributed by atoms with Crippen LogP contribution < -0.4 is 15.2 Å². The van der Waals surface area contributed by atoms with Crippen LogP contribution in [0.4, 0.5) is 0 Å². The van der Waals surface area contributed by atoms with Crippen LogP contribution in [-0.2, 0) is 23.9 Å². The molecule has 7 rings (SSSR count). The number of rotatable bonds is 9. The molecule has 3 aromatic heterocycles. The van der Waals surface area contributed by atoms with Crippen molar-refractivity contribution in [3.8, 4) is 23.1 Å². The third-order valence-corrected chi connectivity index (χ3v) is 9.84. The first kappa shape index (κ1) is 26.5. The van der Waals surface area contributed by atoms with Crippen LogP contribution in [0, 0.1) is 11.8 Å². The zero-order valence-electron chi connectivity index (χ0n) is 23.7. The standard InChI is InChI=1S/C30H36N6O4S/c1-39-24-14-20(30(37)36-16-19-6-8-22(36)26(19)31)12-21-27(24)34(10-11-41(3)38)29(32-21)23-13-18-7-9-25(40-2)33-28(18)35(23)15-17-4-5-17/h7,9,12-14,17,19,22,26H,4-6,8,10-11,15-16,31H2,1-3H3/t19-,22-,26-,41+/m1/s1. The van der Waals surface area contributed by atoms with Crippen LogP contribution in [0.2, 0.25) is 0 Å². The second-order valence-electron chi connectivity index (χ2n) is 11.7. The number of hydrogen-bond acceptors (Lipinski definition) is 7. The number of amides is 1. The summed E-state index contributed by atoms with van der Waals surface area (Å²) in [4.78, 5) is 25.6. The smallest absolute Gasteiger partial charge is 0.254 e. The lowest BCUT2D eigenvalue weighted by Gasteiger charge is -2.27. The first-order chi connectivity index (χ1) is 19.9. The predicted molar refractivity (Wildman–Crippen MR) is 159 cm³/mol. The van der Waals surface area contributed by atoms with Crippen molar-refractivity contribution in [2.45, 2.75) is 50.9 Å². The van der Waals surface area contributed by atoms with Gasteiger partial charge in [0, 0.05) is 71.5 Å². The van der Waals surface area contributed by atoms with Crippen molar-refractivity contribution in [1.82, 2.24) is 24.0 Å². The van der Waals surface area contributed by atoms with Crippen LogP contribution in [0.25, 0.3) is 33.6 Å². The zero-order valence-corrected chi connectivity index (χ0v) is 24.5. The number of carbonyl (C=O) groups is 1. The van der Waals surface area contributed by atoms with E-state index in [1.54, 1.807) is 20.5 Å². The SMILES string of the molecule is COc1ccc2cc(-c3nc4cc(C(=O)N5C[C@H]6CC[C@@H]5[C@@H]6N)cc(OC)c4n3CC[S@](C)=O)n(CC3CC3)c2n1. The van der Waals surface area contributed by atoms with E-state index < -0.39 is 10.8 Å². The van der Waals surface area contributed by atoms with Crippen molar-refractivity contribution in [3.63, 3.8) is 0 Å². The van der Waals surface area contributed by atoms with E-state index in [0.717, 1.165) is 47.5 Å². The number of nitrogens with two attached hydrogens (primary N) is 1. The van der Waals surface area contributed by atoms with Gasteiger partial charge in [0.2, 0.25) is 5.88 Å². The summed E-state index contributed by atoms with van der Waals surface area (Å²) < 4.78 is 27.9. The van der Waals surface area contributed by atoms with Gasteiger partial charge in [0.25, 0.3) is 5.91 Å². The number of nitrogens with zero attached hydrogens (tertiary/aromatic N) is 5. The van der Waals surface area contributed by atoms with Gasteiger partial charge in [-0.2, -0.15) is 4.98 Å². The molecule has 2 saturated carbocycles. The number of benzene rings is 1. The normalized spacial score (nSPS) is 22.6. The first-order valence-electron chi connectivity index (χ1n) is 14.4. The lowest BCUT2D eigenvalue weighted by molar-refractivity contribution is 0.0700. The number of hydrogen-bond donors (Lipinski definition) is 1. The molecular weight excluding hydrogens is 540 g/mol. The molecule has 0 radical (unpaired) electrons. The highest BCUT2D eigenvalue weighted by molar-refractivity contribution is 7.84. The first-order valence-corrected chi connectivity index (χ1v) is 16.1. The Hall–Kier alpha value is -3.44. The van der Waals surface area contributed by atoms with Gasteiger partial charge in [-0.3, -0.25) is 9.00 Å².